The number of amides is 1. The Morgan fingerprint density at radius 3 is 2.39 bits per heavy atom. The molecule has 0 aromatic heterocycles. The summed E-state index contributed by atoms with van der Waals surface area (Å²) in [4.78, 5) is 13.6. The van der Waals surface area contributed by atoms with Gasteiger partial charge in [0, 0.05) is 23.7 Å². The van der Waals surface area contributed by atoms with Crippen molar-refractivity contribution in [2.45, 2.75) is 22.0 Å². The Balaban J connectivity index is 1.74. The van der Waals surface area contributed by atoms with Crippen LogP contribution in [0.15, 0.2) is 52.3 Å². The van der Waals surface area contributed by atoms with E-state index < -0.39 is 15.3 Å². The second-order valence-corrected chi connectivity index (χ2v) is 10.1. The third-order valence-electron chi connectivity index (χ3n) is 4.76. The molecule has 0 spiro atoms. The van der Waals surface area contributed by atoms with E-state index in [-0.39, 0.29) is 29.6 Å². The van der Waals surface area contributed by atoms with Crippen LogP contribution in [0.1, 0.15) is 6.92 Å². The first-order chi connectivity index (χ1) is 14.8. The molecule has 8 nitrogen and oxygen atoms in total. The Morgan fingerprint density at radius 2 is 1.77 bits per heavy atom. The maximum Gasteiger partial charge on any atom is 0.246 e. The molecule has 0 bridgehead atoms. The highest BCUT2D eigenvalue weighted by Gasteiger charge is 2.29. The summed E-state index contributed by atoms with van der Waals surface area (Å²) in [5.41, 5.74) is 0.389. The van der Waals surface area contributed by atoms with Crippen molar-refractivity contribution in [1.29, 1.82) is 0 Å². The minimum absolute atomic E-state index is 0.0187. The molecular weight excluding hydrogens is 440 g/mol. The van der Waals surface area contributed by atoms with Crippen LogP contribution in [-0.2, 0) is 19.6 Å². The summed E-state index contributed by atoms with van der Waals surface area (Å²) in [5.74, 6) is 0.736. The van der Waals surface area contributed by atoms with Crippen LogP contribution in [0.5, 0.6) is 11.5 Å². The lowest BCUT2D eigenvalue weighted by atomic mass is 10.3. The third-order valence-corrected chi connectivity index (χ3v) is 7.79. The minimum atomic E-state index is -3.78. The predicted octanol–water partition coefficient (Wildman–Crippen LogP) is 2.84. The van der Waals surface area contributed by atoms with Crippen molar-refractivity contribution < 1.29 is 27.4 Å². The standard InChI is InChI=1S/C21H26N2O6S2/c1-15(30-18-7-5-17(27-2)6-8-18)21(24)22-16-4-9-19(28-3)20(14-16)31(25,26)23-10-12-29-13-11-23/h4-9,14-15H,10-13H2,1-3H3,(H,22,24). The first-order valence-corrected chi connectivity index (χ1v) is 12.0. The van der Waals surface area contributed by atoms with Gasteiger partial charge in [0.1, 0.15) is 16.4 Å². The van der Waals surface area contributed by atoms with Gasteiger partial charge in [-0.1, -0.05) is 0 Å². The van der Waals surface area contributed by atoms with Crippen molar-refractivity contribution >= 4 is 33.4 Å². The molecule has 0 aliphatic carbocycles. The number of morpholine rings is 1. The summed E-state index contributed by atoms with van der Waals surface area (Å²) >= 11 is 1.40. The Kier molecular flexibility index (Phi) is 7.82. The molecule has 10 heteroatoms. The second-order valence-electron chi connectivity index (χ2n) is 6.81. The number of carbonyl (C=O) groups excluding carboxylic acids is 1. The average molecular weight is 467 g/mol. The molecule has 0 saturated carbocycles. The number of sulfonamides is 1. The van der Waals surface area contributed by atoms with E-state index in [1.165, 1.54) is 29.2 Å². The molecule has 1 N–H and O–H groups in total. The van der Waals surface area contributed by atoms with Crippen LogP contribution in [-0.4, -0.2) is 64.4 Å². The van der Waals surface area contributed by atoms with Crippen molar-refractivity contribution in [3.8, 4) is 11.5 Å². The highest BCUT2D eigenvalue weighted by atomic mass is 32.2. The topological polar surface area (TPSA) is 94.2 Å². The van der Waals surface area contributed by atoms with Gasteiger partial charge in [-0.15, -0.1) is 11.8 Å². The molecule has 1 saturated heterocycles. The lowest BCUT2D eigenvalue weighted by molar-refractivity contribution is -0.115. The van der Waals surface area contributed by atoms with Crippen molar-refractivity contribution in [2.75, 3.05) is 45.8 Å². The summed E-state index contributed by atoms with van der Waals surface area (Å²) in [6.45, 7) is 3.03. The summed E-state index contributed by atoms with van der Waals surface area (Å²) in [6.07, 6.45) is 0. The molecular formula is C21H26N2O6S2. The van der Waals surface area contributed by atoms with E-state index in [4.69, 9.17) is 14.2 Å². The van der Waals surface area contributed by atoms with Gasteiger partial charge in [-0.05, 0) is 49.4 Å². The number of carbonyl (C=O) groups is 1. The number of benzene rings is 2. The number of nitrogens with one attached hydrogen (secondary N) is 1. The molecule has 3 rings (SSSR count). The number of thioether (sulfide) groups is 1. The molecule has 1 aliphatic rings. The molecule has 168 valence electrons. The van der Waals surface area contributed by atoms with Crippen LogP contribution in [0.4, 0.5) is 5.69 Å². The quantitative estimate of drug-likeness (QED) is 0.598. The van der Waals surface area contributed by atoms with Crippen molar-refractivity contribution in [3.63, 3.8) is 0 Å². The van der Waals surface area contributed by atoms with Gasteiger partial charge in [0.15, 0.2) is 0 Å². The lowest BCUT2D eigenvalue weighted by Crippen LogP contribution is -2.40. The van der Waals surface area contributed by atoms with Gasteiger partial charge >= 0.3 is 0 Å². The molecule has 1 fully saturated rings. The smallest absolute Gasteiger partial charge is 0.246 e. The fraction of sp³-hybridized carbons (Fsp3) is 0.381. The number of rotatable bonds is 8. The molecule has 31 heavy (non-hydrogen) atoms. The van der Waals surface area contributed by atoms with Gasteiger partial charge in [-0.3, -0.25) is 4.79 Å². The maximum atomic E-state index is 13.1. The first kappa shape index (κ1) is 23.4. The van der Waals surface area contributed by atoms with E-state index in [1.807, 2.05) is 24.3 Å². The van der Waals surface area contributed by atoms with Gasteiger partial charge in [0.2, 0.25) is 15.9 Å². The summed E-state index contributed by atoms with van der Waals surface area (Å²) in [7, 11) is -0.765. The zero-order valence-corrected chi connectivity index (χ0v) is 19.3. The van der Waals surface area contributed by atoms with Crippen molar-refractivity contribution in [3.05, 3.63) is 42.5 Å². The second kappa shape index (κ2) is 10.4. The van der Waals surface area contributed by atoms with Crippen molar-refractivity contribution in [2.24, 2.45) is 0 Å². The Bertz CT molecular complexity index is 1010. The molecule has 1 heterocycles. The van der Waals surface area contributed by atoms with Crippen LogP contribution < -0.4 is 14.8 Å². The minimum Gasteiger partial charge on any atom is -0.497 e. The van der Waals surface area contributed by atoms with E-state index in [0.717, 1.165) is 10.6 Å². The number of nitrogens with zero attached hydrogens (tertiary/aromatic N) is 1. The number of anilines is 1. The number of methoxy groups -OCH3 is 2. The van der Waals surface area contributed by atoms with E-state index in [1.54, 1.807) is 26.2 Å². The molecule has 1 atom stereocenters. The van der Waals surface area contributed by atoms with Crippen LogP contribution in [0.2, 0.25) is 0 Å². The van der Waals surface area contributed by atoms with Gasteiger partial charge in [0.25, 0.3) is 0 Å². The predicted molar refractivity (Wildman–Crippen MR) is 120 cm³/mol. The number of hydrogen-bond acceptors (Lipinski definition) is 7. The maximum absolute atomic E-state index is 13.1. The van der Waals surface area contributed by atoms with E-state index in [9.17, 15) is 13.2 Å². The zero-order chi connectivity index (χ0) is 22.4. The monoisotopic (exact) mass is 466 g/mol. The highest BCUT2D eigenvalue weighted by Crippen LogP contribution is 2.31. The normalized spacial score (nSPS) is 15.8. The number of ether oxygens (including phenoxy) is 3. The van der Waals surface area contributed by atoms with Gasteiger partial charge in [0.05, 0.1) is 32.7 Å². The van der Waals surface area contributed by atoms with Gasteiger partial charge < -0.3 is 19.5 Å². The fourth-order valence-corrected chi connectivity index (χ4v) is 5.49. The summed E-state index contributed by atoms with van der Waals surface area (Å²) < 4.78 is 43.2. The molecule has 2 aromatic carbocycles. The number of hydrogen-bond donors (Lipinski definition) is 1. The van der Waals surface area contributed by atoms with Crippen LogP contribution in [0.3, 0.4) is 0 Å². The first-order valence-electron chi connectivity index (χ1n) is 9.72. The molecule has 1 aliphatic heterocycles. The largest absolute Gasteiger partial charge is 0.497 e. The SMILES string of the molecule is COc1ccc(SC(C)C(=O)Nc2ccc(OC)c(S(=O)(=O)N3CCOCC3)c2)cc1. The Morgan fingerprint density at radius 1 is 1.10 bits per heavy atom. The van der Waals surface area contributed by atoms with E-state index in [0.29, 0.717) is 18.9 Å². The molecule has 2 aromatic rings. The fourth-order valence-electron chi connectivity index (χ4n) is 3.04. The van der Waals surface area contributed by atoms with Crippen molar-refractivity contribution in [1.82, 2.24) is 4.31 Å². The molecule has 1 unspecified atom stereocenters. The summed E-state index contributed by atoms with van der Waals surface area (Å²) in [6, 6.07) is 12.0. The average Bonchev–Trinajstić information content (AvgIpc) is 2.80. The Labute approximate surface area is 186 Å². The van der Waals surface area contributed by atoms with Crippen LogP contribution >= 0.6 is 11.8 Å². The van der Waals surface area contributed by atoms with E-state index in [2.05, 4.69) is 5.32 Å². The lowest BCUT2D eigenvalue weighted by Gasteiger charge is -2.27. The van der Waals surface area contributed by atoms with Gasteiger partial charge in [-0.2, -0.15) is 4.31 Å². The highest BCUT2D eigenvalue weighted by molar-refractivity contribution is 8.00. The Hall–Kier alpha value is -2.27. The van der Waals surface area contributed by atoms with Crippen LogP contribution in [0, 0.1) is 0 Å². The molecule has 0 radical (unpaired) electrons. The molecule has 1 amide bonds. The zero-order valence-electron chi connectivity index (χ0n) is 17.7. The van der Waals surface area contributed by atoms with Gasteiger partial charge in [-0.25, -0.2) is 8.42 Å². The summed E-state index contributed by atoms with van der Waals surface area (Å²) in [5, 5.41) is 2.41. The van der Waals surface area contributed by atoms with E-state index >= 15 is 0 Å². The third kappa shape index (κ3) is 5.70. The van der Waals surface area contributed by atoms with Crippen LogP contribution in [0.25, 0.3) is 0 Å².